The second-order valence-electron chi connectivity index (χ2n) is 22.5. The first-order valence-electron chi connectivity index (χ1n) is 22.2. The molecule has 53 heavy (non-hydrogen) atoms. The molecule has 2 heterocycles. The van der Waals surface area contributed by atoms with Crippen molar-refractivity contribution in [3.8, 4) is 0 Å². The van der Waals surface area contributed by atoms with Crippen LogP contribution >= 0.6 is 17.2 Å². The van der Waals surface area contributed by atoms with Crippen LogP contribution < -0.4 is 21.0 Å². The molecule has 0 spiro atoms. The molecule has 3 unspecified atom stereocenters. The maximum atomic E-state index is 3.88. The van der Waals surface area contributed by atoms with Crippen molar-refractivity contribution < 1.29 is 17.1 Å². The van der Waals surface area contributed by atoms with Crippen molar-refractivity contribution in [2.24, 2.45) is 47.3 Å². The minimum absolute atomic E-state index is 0. The average Bonchev–Trinajstić information content (AvgIpc) is 3.89. The number of nitrogens with one attached hydrogen (secondary N) is 2. The van der Waals surface area contributed by atoms with Gasteiger partial charge in [-0.05, 0) is 185 Å². The number of hydrogen-bond acceptors (Lipinski definition) is 2. The van der Waals surface area contributed by atoms with E-state index in [2.05, 4.69) is 65.2 Å². The zero-order valence-corrected chi connectivity index (χ0v) is 39.5. The number of hydrogen-bond donors (Lipinski definition) is 2. The smallest absolute Gasteiger partial charge is 0.316 e. The van der Waals surface area contributed by atoms with Gasteiger partial charge in [0, 0.05) is 8.07 Å². The molecule has 2 aromatic carbocycles. The van der Waals surface area contributed by atoms with E-state index in [4.69, 9.17) is 0 Å². The fraction of sp³-hybridized carbons (Fsp3) is 0.783. The number of rotatable bonds is 9. The van der Waals surface area contributed by atoms with E-state index in [1.165, 1.54) is 45.2 Å². The van der Waals surface area contributed by atoms with Crippen molar-refractivity contribution in [3.63, 3.8) is 0 Å². The molecule has 8 saturated carbocycles. The molecule has 3 atom stereocenters. The Labute approximate surface area is 341 Å². The van der Waals surface area contributed by atoms with Gasteiger partial charge >= 0.3 is 17.1 Å². The minimum atomic E-state index is -1.61. The van der Waals surface area contributed by atoms with Crippen molar-refractivity contribution in [3.05, 3.63) is 47.5 Å². The van der Waals surface area contributed by atoms with Gasteiger partial charge in [-0.25, -0.2) is 18.2 Å². The van der Waals surface area contributed by atoms with Crippen LogP contribution in [0, 0.1) is 47.3 Å². The molecule has 10 aliphatic rings. The Morgan fingerprint density at radius 2 is 1.15 bits per heavy atom. The summed E-state index contributed by atoms with van der Waals surface area (Å²) in [5, 5.41) is 13.3. The third-order valence-electron chi connectivity index (χ3n) is 16.7. The van der Waals surface area contributed by atoms with Gasteiger partial charge in [0.05, 0.1) is 8.07 Å². The van der Waals surface area contributed by atoms with Crippen LogP contribution in [0.15, 0.2) is 36.4 Å². The summed E-state index contributed by atoms with van der Waals surface area (Å²) >= 11 is 0. The molecule has 0 aromatic heterocycles. The predicted octanol–water partition coefficient (Wildman–Crippen LogP) is 10.1. The van der Waals surface area contributed by atoms with E-state index in [9.17, 15) is 0 Å². The normalized spacial score (nSPS) is 40.1. The van der Waals surface area contributed by atoms with Gasteiger partial charge < -0.3 is 10.6 Å². The quantitative estimate of drug-likeness (QED) is 0.150. The SMILES string of the molecule is C[Si](C)(C)c1cc(C(P)(C2CCNC2)C2CCNC2)c(CP(C23CC4CC(CC(C4)C2)C3)C23CC4CC(CC(C4)C2)C3)[c-]1[Si](C)(C)C.[Fe+2].c1cc[cH-]c1. The Morgan fingerprint density at radius 1 is 0.736 bits per heavy atom. The molecule has 8 aliphatic carbocycles. The first-order chi connectivity index (χ1) is 24.8. The van der Waals surface area contributed by atoms with E-state index >= 15 is 0 Å². The van der Waals surface area contributed by atoms with Crippen molar-refractivity contribution in [1.29, 1.82) is 0 Å². The summed E-state index contributed by atoms with van der Waals surface area (Å²) in [6.07, 6.45) is 23.6. The van der Waals surface area contributed by atoms with Gasteiger partial charge in [-0.2, -0.15) is 39.7 Å². The van der Waals surface area contributed by atoms with E-state index in [-0.39, 0.29) is 30.1 Å². The zero-order valence-electron chi connectivity index (χ0n) is 34.4. The molecule has 2 N–H and O–H groups in total. The van der Waals surface area contributed by atoms with Gasteiger partial charge in [0.1, 0.15) is 0 Å². The summed E-state index contributed by atoms with van der Waals surface area (Å²) in [7, 11) is 0.509. The molecule has 8 bridgehead atoms. The van der Waals surface area contributed by atoms with Crippen LogP contribution in [0.4, 0.5) is 0 Å². The van der Waals surface area contributed by atoms with E-state index in [1.54, 1.807) is 77.0 Å². The first kappa shape index (κ1) is 40.2. The monoisotopic (exact) mass is 828 g/mol. The molecule has 7 heteroatoms. The van der Waals surface area contributed by atoms with Gasteiger partial charge in [0.15, 0.2) is 0 Å². The van der Waals surface area contributed by atoms with Crippen LogP contribution in [0.3, 0.4) is 0 Å². The van der Waals surface area contributed by atoms with Gasteiger partial charge in [-0.3, -0.25) is 0 Å². The molecule has 10 fully saturated rings. The van der Waals surface area contributed by atoms with Gasteiger partial charge in [-0.1, -0.05) is 47.2 Å². The van der Waals surface area contributed by atoms with Crippen molar-refractivity contribution >= 4 is 43.7 Å². The topological polar surface area (TPSA) is 24.1 Å². The zero-order chi connectivity index (χ0) is 36.1. The largest absolute Gasteiger partial charge is 2.00 e. The second-order valence-corrected chi connectivity index (χ2v) is 36.5. The summed E-state index contributed by atoms with van der Waals surface area (Å²) in [4.78, 5) is 0. The van der Waals surface area contributed by atoms with Crippen LogP contribution in [-0.4, -0.2) is 52.6 Å². The molecule has 294 valence electrons. The van der Waals surface area contributed by atoms with E-state index < -0.39 is 16.1 Å². The molecular formula is C46H74FeN2P2Si2. The van der Waals surface area contributed by atoms with Crippen molar-refractivity contribution in [2.75, 3.05) is 26.2 Å². The molecule has 2 aliphatic heterocycles. The summed E-state index contributed by atoms with van der Waals surface area (Å²) in [5.74, 6) is 7.92. The Balaban J connectivity index is 0.000000618. The maximum Gasteiger partial charge on any atom is 2.00 e. The molecule has 0 amide bonds. The molecule has 0 radical (unpaired) electrons. The summed E-state index contributed by atoms with van der Waals surface area (Å²) in [6.45, 7) is 21.2. The predicted molar refractivity (Wildman–Crippen MR) is 236 cm³/mol. The van der Waals surface area contributed by atoms with Crippen molar-refractivity contribution in [1.82, 2.24) is 10.6 Å². The van der Waals surface area contributed by atoms with E-state index in [0.717, 1.165) is 47.3 Å². The van der Waals surface area contributed by atoms with E-state index in [0.29, 0.717) is 10.3 Å². The minimum Gasteiger partial charge on any atom is -0.316 e. The summed E-state index contributed by atoms with van der Waals surface area (Å²) in [5.41, 5.74) is 3.90. The van der Waals surface area contributed by atoms with Crippen LogP contribution in [-0.2, 0) is 28.4 Å². The molecular weight excluding hydrogens is 754 g/mol. The summed E-state index contributed by atoms with van der Waals surface area (Å²) in [6, 6.07) is 13.0. The van der Waals surface area contributed by atoms with E-state index in [1.807, 2.05) is 51.8 Å². The Bertz CT molecular complexity index is 1410. The molecule has 2 saturated heterocycles. The van der Waals surface area contributed by atoms with Crippen LogP contribution in [0.1, 0.15) is 101 Å². The molecule has 2 aromatic rings. The maximum absolute atomic E-state index is 3.88. The van der Waals surface area contributed by atoms with Crippen LogP contribution in [0.2, 0.25) is 39.3 Å². The molecule has 2 nitrogen and oxygen atoms in total. The second kappa shape index (κ2) is 14.9. The summed E-state index contributed by atoms with van der Waals surface area (Å²) < 4.78 is 0. The molecule has 12 rings (SSSR count). The Kier molecular flexibility index (Phi) is 11.3. The van der Waals surface area contributed by atoms with Crippen LogP contribution in [0.25, 0.3) is 0 Å². The third kappa shape index (κ3) is 7.27. The first-order valence-corrected chi connectivity index (χ1v) is 31.3. The third-order valence-corrected chi connectivity index (χ3v) is 26.3. The fourth-order valence-electron chi connectivity index (χ4n) is 15.6. The average molecular weight is 829 g/mol. The Hall–Kier alpha value is 0.433. The van der Waals surface area contributed by atoms with Crippen LogP contribution in [0.5, 0.6) is 0 Å². The van der Waals surface area contributed by atoms with Gasteiger partial charge in [-0.15, -0.1) is 9.24 Å². The van der Waals surface area contributed by atoms with Crippen molar-refractivity contribution in [2.45, 2.75) is 151 Å². The fourth-order valence-corrected chi connectivity index (χ4v) is 27.5. The van der Waals surface area contributed by atoms with Gasteiger partial charge in [0.2, 0.25) is 0 Å². The standard InChI is InChI=1S/C41H69N2P2Si2.C5H5.Fe/c1-46(2,3)37-17-36(41(44,33-7-9-42-24-33)34-8-10-43-25-34)35(38(37)47(4,5)6)26-45(39-18-27-11-28(19-39)13-29(12-27)20-39)40-21-30-14-31(22-40)16-32(15-30)23-40;1-2-4-5-3-1;/h17,27-34,42-43H,7-16,18-26,44H2,1-6H3;1-5H;/q2*-1;+2. The van der Waals surface area contributed by atoms with Gasteiger partial charge in [0.25, 0.3) is 0 Å². The Morgan fingerprint density at radius 3 is 1.45 bits per heavy atom.